The Morgan fingerprint density at radius 2 is 2.21 bits per heavy atom. The van der Waals surface area contributed by atoms with E-state index >= 15 is 0 Å². The van der Waals surface area contributed by atoms with Crippen molar-refractivity contribution in [3.8, 4) is 0 Å². The van der Waals surface area contributed by atoms with Gasteiger partial charge in [0.05, 0.1) is 19.3 Å². The Hall–Kier alpha value is -0.410. The molecule has 1 unspecified atom stereocenters. The molecule has 1 rings (SSSR count). The van der Waals surface area contributed by atoms with Crippen molar-refractivity contribution >= 4 is 5.78 Å². The summed E-state index contributed by atoms with van der Waals surface area (Å²) in [6.45, 7) is 6.29. The summed E-state index contributed by atoms with van der Waals surface area (Å²) < 4.78 is 10.9. The third kappa shape index (κ3) is 4.72. The number of ether oxygens (including phenoxy) is 2. The monoisotopic (exact) mass is 200 g/mol. The Morgan fingerprint density at radius 3 is 2.79 bits per heavy atom. The Bertz CT molecular complexity index is 177. The molecule has 14 heavy (non-hydrogen) atoms. The van der Waals surface area contributed by atoms with Crippen molar-refractivity contribution in [2.75, 3.05) is 19.8 Å². The molecule has 3 heteroatoms. The van der Waals surface area contributed by atoms with Crippen LogP contribution in [-0.2, 0) is 14.3 Å². The standard InChI is InChI=1S/C11H20O3/c1-9(2)8-13-5-6-14-11-4-3-10(12)7-11/h9,11H,3-8H2,1-2H3. The predicted octanol–water partition coefficient (Wildman–Crippen LogP) is 1.80. The summed E-state index contributed by atoms with van der Waals surface area (Å²) in [5, 5.41) is 0. The molecule has 0 bridgehead atoms. The smallest absolute Gasteiger partial charge is 0.135 e. The predicted molar refractivity (Wildman–Crippen MR) is 54.3 cm³/mol. The van der Waals surface area contributed by atoms with Gasteiger partial charge in [0.1, 0.15) is 5.78 Å². The van der Waals surface area contributed by atoms with Gasteiger partial charge in [-0.05, 0) is 12.3 Å². The van der Waals surface area contributed by atoms with E-state index < -0.39 is 0 Å². The molecule has 0 aromatic rings. The first-order valence-corrected chi connectivity index (χ1v) is 5.39. The third-order valence-electron chi connectivity index (χ3n) is 2.23. The van der Waals surface area contributed by atoms with Crippen LogP contribution in [0.2, 0.25) is 0 Å². The van der Waals surface area contributed by atoms with Crippen LogP contribution in [0, 0.1) is 5.92 Å². The van der Waals surface area contributed by atoms with Crippen LogP contribution in [0.5, 0.6) is 0 Å². The molecule has 1 aliphatic carbocycles. The first-order chi connectivity index (χ1) is 6.68. The highest BCUT2D eigenvalue weighted by Gasteiger charge is 2.22. The molecule has 1 fully saturated rings. The number of carbonyl (C=O) groups is 1. The van der Waals surface area contributed by atoms with Gasteiger partial charge in [-0.25, -0.2) is 0 Å². The number of ketones is 1. The van der Waals surface area contributed by atoms with Gasteiger partial charge < -0.3 is 9.47 Å². The van der Waals surface area contributed by atoms with E-state index in [1.54, 1.807) is 0 Å². The van der Waals surface area contributed by atoms with Gasteiger partial charge in [-0.2, -0.15) is 0 Å². The average molecular weight is 200 g/mol. The van der Waals surface area contributed by atoms with Crippen LogP contribution in [0.1, 0.15) is 33.1 Å². The lowest BCUT2D eigenvalue weighted by Gasteiger charge is -2.11. The Kier molecular flexibility index (Phi) is 5.12. The summed E-state index contributed by atoms with van der Waals surface area (Å²) in [4.78, 5) is 10.9. The van der Waals surface area contributed by atoms with Crippen molar-refractivity contribution in [1.82, 2.24) is 0 Å². The first-order valence-electron chi connectivity index (χ1n) is 5.39. The van der Waals surface area contributed by atoms with Crippen molar-refractivity contribution in [1.29, 1.82) is 0 Å². The first kappa shape index (κ1) is 11.7. The number of hydrogen-bond donors (Lipinski definition) is 0. The SMILES string of the molecule is CC(C)COCCOC1CCC(=O)C1. The fourth-order valence-corrected chi connectivity index (χ4v) is 1.52. The molecular weight excluding hydrogens is 180 g/mol. The van der Waals surface area contributed by atoms with Crippen LogP contribution < -0.4 is 0 Å². The van der Waals surface area contributed by atoms with Crippen LogP contribution in [0.15, 0.2) is 0 Å². The minimum absolute atomic E-state index is 0.158. The summed E-state index contributed by atoms with van der Waals surface area (Å²) in [6, 6.07) is 0. The second-order valence-electron chi connectivity index (χ2n) is 4.24. The normalized spacial score (nSPS) is 22.2. The lowest BCUT2D eigenvalue weighted by atomic mass is 10.2. The van der Waals surface area contributed by atoms with Gasteiger partial charge in [0.2, 0.25) is 0 Å². The second kappa shape index (κ2) is 6.14. The molecule has 0 radical (unpaired) electrons. The molecule has 1 aliphatic rings. The summed E-state index contributed by atoms with van der Waals surface area (Å²) in [5.41, 5.74) is 0. The maximum atomic E-state index is 10.9. The maximum Gasteiger partial charge on any atom is 0.135 e. The summed E-state index contributed by atoms with van der Waals surface area (Å²) >= 11 is 0. The number of hydrogen-bond acceptors (Lipinski definition) is 3. The molecule has 82 valence electrons. The van der Waals surface area contributed by atoms with Gasteiger partial charge in [-0.3, -0.25) is 4.79 Å². The van der Waals surface area contributed by atoms with Gasteiger partial charge in [0.25, 0.3) is 0 Å². The largest absolute Gasteiger partial charge is 0.379 e. The quantitative estimate of drug-likeness (QED) is 0.613. The van der Waals surface area contributed by atoms with Gasteiger partial charge in [-0.1, -0.05) is 13.8 Å². The average Bonchev–Trinajstić information content (AvgIpc) is 2.50. The van der Waals surface area contributed by atoms with Gasteiger partial charge in [0, 0.05) is 19.4 Å². The second-order valence-corrected chi connectivity index (χ2v) is 4.24. The lowest BCUT2D eigenvalue weighted by molar-refractivity contribution is -0.118. The van der Waals surface area contributed by atoms with E-state index in [1.807, 2.05) is 0 Å². The molecule has 0 aromatic heterocycles. The van der Waals surface area contributed by atoms with E-state index in [1.165, 1.54) is 0 Å². The van der Waals surface area contributed by atoms with Crippen LogP contribution in [0.3, 0.4) is 0 Å². The molecule has 0 spiro atoms. The van der Waals surface area contributed by atoms with Crippen LogP contribution in [0.4, 0.5) is 0 Å². The van der Waals surface area contributed by atoms with E-state index in [4.69, 9.17) is 9.47 Å². The fourth-order valence-electron chi connectivity index (χ4n) is 1.52. The molecule has 0 N–H and O–H groups in total. The number of Topliss-reactive ketones (excluding diaryl/α,β-unsaturated/α-hetero) is 1. The lowest BCUT2D eigenvalue weighted by Crippen LogP contribution is -2.14. The third-order valence-corrected chi connectivity index (χ3v) is 2.23. The highest BCUT2D eigenvalue weighted by Crippen LogP contribution is 2.17. The van der Waals surface area contributed by atoms with E-state index in [9.17, 15) is 4.79 Å². The van der Waals surface area contributed by atoms with E-state index in [0.29, 0.717) is 37.8 Å². The molecule has 1 saturated carbocycles. The Labute approximate surface area is 85.8 Å². The minimum atomic E-state index is 0.158. The van der Waals surface area contributed by atoms with Crippen molar-refractivity contribution in [2.45, 2.75) is 39.2 Å². The summed E-state index contributed by atoms with van der Waals surface area (Å²) in [6.07, 6.45) is 2.34. The maximum absolute atomic E-state index is 10.9. The zero-order chi connectivity index (χ0) is 10.4. The molecule has 0 heterocycles. The topological polar surface area (TPSA) is 35.5 Å². The van der Waals surface area contributed by atoms with Gasteiger partial charge >= 0.3 is 0 Å². The highest BCUT2D eigenvalue weighted by molar-refractivity contribution is 5.81. The number of rotatable bonds is 6. The molecule has 0 aromatic carbocycles. The van der Waals surface area contributed by atoms with Crippen molar-refractivity contribution in [3.05, 3.63) is 0 Å². The highest BCUT2D eigenvalue weighted by atomic mass is 16.5. The summed E-state index contributed by atoms with van der Waals surface area (Å²) in [7, 11) is 0. The van der Waals surface area contributed by atoms with Crippen molar-refractivity contribution < 1.29 is 14.3 Å². The zero-order valence-electron chi connectivity index (χ0n) is 9.12. The van der Waals surface area contributed by atoms with Crippen LogP contribution in [0.25, 0.3) is 0 Å². The van der Waals surface area contributed by atoms with Gasteiger partial charge in [-0.15, -0.1) is 0 Å². The van der Waals surface area contributed by atoms with Crippen LogP contribution >= 0.6 is 0 Å². The van der Waals surface area contributed by atoms with Crippen molar-refractivity contribution in [3.63, 3.8) is 0 Å². The van der Waals surface area contributed by atoms with Crippen molar-refractivity contribution in [2.24, 2.45) is 5.92 Å². The van der Waals surface area contributed by atoms with Crippen LogP contribution in [-0.4, -0.2) is 31.7 Å². The molecule has 3 nitrogen and oxygen atoms in total. The molecular formula is C11H20O3. The van der Waals surface area contributed by atoms with E-state index in [0.717, 1.165) is 13.0 Å². The fraction of sp³-hybridized carbons (Fsp3) is 0.909. The van der Waals surface area contributed by atoms with E-state index in [2.05, 4.69) is 13.8 Å². The molecule has 0 saturated heterocycles. The molecule has 0 aliphatic heterocycles. The summed E-state index contributed by atoms with van der Waals surface area (Å²) in [5.74, 6) is 0.904. The minimum Gasteiger partial charge on any atom is -0.379 e. The Balaban J connectivity index is 1.91. The van der Waals surface area contributed by atoms with E-state index in [-0.39, 0.29) is 6.10 Å². The number of carbonyl (C=O) groups excluding carboxylic acids is 1. The molecule has 1 atom stereocenters. The molecule has 0 amide bonds. The zero-order valence-corrected chi connectivity index (χ0v) is 9.12. The Morgan fingerprint density at radius 1 is 1.43 bits per heavy atom. The van der Waals surface area contributed by atoms with Gasteiger partial charge in [0.15, 0.2) is 0 Å².